The lowest BCUT2D eigenvalue weighted by molar-refractivity contribution is 0.471. The molecule has 1 N–H and O–H groups in total. The molecule has 0 unspecified atom stereocenters. The Morgan fingerprint density at radius 2 is 1.69 bits per heavy atom. The minimum atomic E-state index is 0.326. The first-order valence-electron chi connectivity index (χ1n) is 5.14. The molecule has 0 aliphatic carbocycles. The van der Waals surface area contributed by atoms with Crippen molar-refractivity contribution < 1.29 is 5.11 Å². The van der Waals surface area contributed by atoms with Gasteiger partial charge in [-0.3, -0.25) is 0 Å². The third-order valence-electron chi connectivity index (χ3n) is 2.71. The normalized spacial score (nSPS) is 10.4. The molecule has 2 heteroatoms. The number of phenols is 1. The summed E-state index contributed by atoms with van der Waals surface area (Å²) in [7, 11) is 0. The van der Waals surface area contributed by atoms with Gasteiger partial charge in [-0.2, -0.15) is 0 Å². The Bertz CT molecular complexity index is 532. The summed E-state index contributed by atoms with van der Waals surface area (Å²) in [5, 5.41) is 10.4. The van der Waals surface area contributed by atoms with Gasteiger partial charge in [-0.15, -0.1) is 0 Å². The fraction of sp³-hybridized carbons (Fsp3) is 0.143. The van der Waals surface area contributed by atoms with Crippen LogP contribution in [0.15, 0.2) is 36.4 Å². The van der Waals surface area contributed by atoms with E-state index in [4.69, 9.17) is 11.6 Å². The van der Waals surface area contributed by atoms with Crippen molar-refractivity contribution >= 4 is 11.6 Å². The van der Waals surface area contributed by atoms with Gasteiger partial charge in [0, 0.05) is 5.02 Å². The van der Waals surface area contributed by atoms with Crippen LogP contribution < -0.4 is 0 Å². The topological polar surface area (TPSA) is 20.2 Å². The average Bonchev–Trinajstić information content (AvgIpc) is 2.22. The maximum Gasteiger partial charge on any atom is 0.119 e. The quantitative estimate of drug-likeness (QED) is 0.776. The highest BCUT2D eigenvalue weighted by molar-refractivity contribution is 6.30. The van der Waals surface area contributed by atoms with Gasteiger partial charge in [0.15, 0.2) is 0 Å². The first kappa shape index (κ1) is 11.0. The lowest BCUT2D eigenvalue weighted by Crippen LogP contribution is -1.84. The molecule has 0 spiro atoms. The molecule has 0 aliphatic heterocycles. The highest BCUT2D eigenvalue weighted by atomic mass is 35.5. The lowest BCUT2D eigenvalue weighted by atomic mass is 9.99. The van der Waals surface area contributed by atoms with E-state index in [1.165, 1.54) is 0 Å². The van der Waals surface area contributed by atoms with Crippen molar-refractivity contribution in [1.82, 2.24) is 0 Å². The second kappa shape index (κ2) is 4.18. The van der Waals surface area contributed by atoms with Crippen LogP contribution in [0.4, 0.5) is 0 Å². The van der Waals surface area contributed by atoms with Crippen molar-refractivity contribution in [1.29, 1.82) is 0 Å². The van der Waals surface area contributed by atoms with Crippen LogP contribution in [0.2, 0.25) is 5.02 Å². The third-order valence-corrected chi connectivity index (χ3v) is 2.94. The Hall–Kier alpha value is -1.47. The van der Waals surface area contributed by atoms with E-state index in [2.05, 4.69) is 0 Å². The zero-order chi connectivity index (χ0) is 11.7. The van der Waals surface area contributed by atoms with Crippen LogP contribution in [-0.4, -0.2) is 5.11 Å². The van der Waals surface area contributed by atoms with Crippen molar-refractivity contribution in [3.05, 3.63) is 52.5 Å². The molecule has 0 saturated carbocycles. The highest BCUT2D eigenvalue weighted by Crippen LogP contribution is 2.29. The summed E-state index contributed by atoms with van der Waals surface area (Å²) in [6.07, 6.45) is 0. The molecule has 0 fully saturated rings. The maximum absolute atomic E-state index is 9.68. The zero-order valence-corrected chi connectivity index (χ0v) is 10.0. The third kappa shape index (κ3) is 2.05. The highest BCUT2D eigenvalue weighted by Gasteiger charge is 2.04. The summed E-state index contributed by atoms with van der Waals surface area (Å²) in [5.41, 5.74) is 4.10. The number of halogens is 1. The summed E-state index contributed by atoms with van der Waals surface area (Å²) in [4.78, 5) is 0. The fourth-order valence-electron chi connectivity index (χ4n) is 1.73. The molecule has 0 amide bonds. The van der Waals surface area contributed by atoms with E-state index < -0.39 is 0 Å². The van der Waals surface area contributed by atoms with Crippen molar-refractivity contribution in [2.45, 2.75) is 13.8 Å². The van der Waals surface area contributed by atoms with Gasteiger partial charge >= 0.3 is 0 Å². The molecule has 0 aliphatic rings. The smallest absolute Gasteiger partial charge is 0.119 e. The van der Waals surface area contributed by atoms with Crippen LogP contribution in [0.5, 0.6) is 5.75 Å². The molecular formula is C14H13ClO. The number of hydrogen-bond donors (Lipinski definition) is 1. The Balaban J connectivity index is 2.54. The Morgan fingerprint density at radius 1 is 0.938 bits per heavy atom. The summed E-state index contributed by atoms with van der Waals surface area (Å²) in [6, 6.07) is 11.5. The minimum Gasteiger partial charge on any atom is -0.508 e. The van der Waals surface area contributed by atoms with Crippen LogP contribution in [0.1, 0.15) is 11.1 Å². The van der Waals surface area contributed by atoms with Gasteiger partial charge in [0.2, 0.25) is 0 Å². The summed E-state index contributed by atoms with van der Waals surface area (Å²) in [6.45, 7) is 3.89. The molecular weight excluding hydrogens is 220 g/mol. The van der Waals surface area contributed by atoms with Gasteiger partial charge < -0.3 is 5.11 Å². The standard InChI is InChI=1S/C14H13ClO/c1-9-3-4-11(8-14(9)16)13-6-5-12(15)7-10(13)2/h3-8,16H,1-2H3. The molecule has 2 rings (SSSR count). The molecule has 2 aromatic carbocycles. The average molecular weight is 233 g/mol. The second-order valence-corrected chi connectivity index (χ2v) is 4.40. The number of hydrogen-bond acceptors (Lipinski definition) is 1. The maximum atomic E-state index is 9.68. The first-order valence-corrected chi connectivity index (χ1v) is 5.52. The first-order chi connectivity index (χ1) is 7.58. The molecule has 0 radical (unpaired) electrons. The van der Waals surface area contributed by atoms with E-state index in [0.717, 1.165) is 27.3 Å². The number of aromatic hydroxyl groups is 1. The molecule has 2 aromatic rings. The number of phenolic OH excluding ortho intramolecular Hbond substituents is 1. The van der Waals surface area contributed by atoms with Crippen LogP contribution in [0, 0.1) is 13.8 Å². The van der Waals surface area contributed by atoms with Gasteiger partial charge in [0.05, 0.1) is 0 Å². The largest absolute Gasteiger partial charge is 0.508 e. The molecule has 0 saturated heterocycles. The van der Waals surface area contributed by atoms with E-state index in [1.54, 1.807) is 6.07 Å². The minimum absolute atomic E-state index is 0.326. The second-order valence-electron chi connectivity index (χ2n) is 3.96. The van der Waals surface area contributed by atoms with Crippen LogP contribution in [0.3, 0.4) is 0 Å². The number of aryl methyl sites for hydroxylation is 2. The molecule has 82 valence electrons. The van der Waals surface area contributed by atoms with Crippen LogP contribution >= 0.6 is 11.6 Å². The fourth-order valence-corrected chi connectivity index (χ4v) is 1.95. The summed E-state index contributed by atoms with van der Waals surface area (Å²) in [5.74, 6) is 0.326. The van der Waals surface area contributed by atoms with Gasteiger partial charge in [-0.05, 0) is 54.3 Å². The molecule has 0 bridgehead atoms. The van der Waals surface area contributed by atoms with Crippen LogP contribution in [-0.2, 0) is 0 Å². The van der Waals surface area contributed by atoms with E-state index >= 15 is 0 Å². The predicted octanol–water partition coefficient (Wildman–Crippen LogP) is 4.33. The van der Waals surface area contributed by atoms with Crippen molar-refractivity contribution in [3.8, 4) is 16.9 Å². The van der Waals surface area contributed by atoms with Gasteiger partial charge in [0.1, 0.15) is 5.75 Å². The van der Waals surface area contributed by atoms with Crippen LogP contribution in [0.25, 0.3) is 11.1 Å². The van der Waals surface area contributed by atoms with E-state index in [0.29, 0.717) is 5.75 Å². The SMILES string of the molecule is Cc1ccc(-c2ccc(Cl)cc2C)cc1O. The predicted molar refractivity (Wildman–Crippen MR) is 68.0 cm³/mol. The van der Waals surface area contributed by atoms with E-state index in [1.807, 2.05) is 44.2 Å². The molecule has 0 heterocycles. The zero-order valence-electron chi connectivity index (χ0n) is 9.29. The Kier molecular flexibility index (Phi) is 2.88. The lowest BCUT2D eigenvalue weighted by Gasteiger charge is -2.08. The van der Waals surface area contributed by atoms with Gasteiger partial charge in [0.25, 0.3) is 0 Å². The van der Waals surface area contributed by atoms with Gasteiger partial charge in [-0.25, -0.2) is 0 Å². The van der Waals surface area contributed by atoms with Crippen molar-refractivity contribution in [3.63, 3.8) is 0 Å². The monoisotopic (exact) mass is 232 g/mol. The molecule has 0 aromatic heterocycles. The van der Waals surface area contributed by atoms with Gasteiger partial charge in [-0.1, -0.05) is 29.8 Å². The number of rotatable bonds is 1. The Morgan fingerprint density at radius 3 is 2.31 bits per heavy atom. The Labute approximate surface area is 100 Å². The van der Waals surface area contributed by atoms with E-state index in [9.17, 15) is 5.11 Å². The molecule has 1 nitrogen and oxygen atoms in total. The molecule has 16 heavy (non-hydrogen) atoms. The molecule has 0 atom stereocenters. The number of benzene rings is 2. The summed E-state index contributed by atoms with van der Waals surface area (Å²) >= 11 is 5.91. The van der Waals surface area contributed by atoms with Crippen molar-refractivity contribution in [2.24, 2.45) is 0 Å². The summed E-state index contributed by atoms with van der Waals surface area (Å²) < 4.78 is 0. The van der Waals surface area contributed by atoms with Crippen molar-refractivity contribution in [2.75, 3.05) is 0 Å². The van der Waals surface area contributed by atoms with E-state index in [-0.39, 0.29) is 0 Å².